The molecule has 1 aromatic heterocycles. The van der Waals surface area contributed by atoms with Crippen molar-refractivity contribution < 1.29 is 18.7 Å². The molecule has 0 saturated carbocycles. The van der Waals surface area contributed by atoms with E-state index in [0.29, 0.717) is 36.9 Å². The lowest BCUT2D eigenvalue weighted by Crippen LogP contribution is -2.31. The van der Waals surface area contributed by atoms with E-state index >= 15 is 0 Å². The normalized spacial score (nSPS) is 17.0. The van der Waals surface area contributed by atoms with Gasteiger partial charge in [0, 0.05) is 6.54 Å². The maximum atomic E-state index is 13.1. The van der Waals surface area contributed by atoms with Gasteiger partial charge in [-0.15, -0.1) is 0 Å². The zero-order chi connectivity index (χ0) is 20.0. The Kier molecular flexibility index (Phi) is 4.25. The molecule has 5 nitrogen and oxygen atoms in total. The number of rotatable bonds is 3. The van der Waals surface area contributed by atoms with E-state index in [-0.39, 0.29) is 5.78 Å². The van der Waals surface area contributed by atoms with Gasteiger partial charge in [0.05, 0.1) is 23.9 Å². The van der Waals surface area contributed by atoms with Gasteiger partial charge in [-0.05, 0) is 54.8 Å². The van der Waals surface area contributed by atoms with Crippen LogP contribution in [0.1, 0.15) is 38.4 Å². The first kappa shape index (κ1) is 17.8. The molecule has 2 aliphatic heterocycles. The Morgan fingerprint density at radius 1 is 1.10 bits per heavy atom. The minimum Gasteiger partial charge on any atom is -0.478 e. The Bertz CT molecular complexity index is 1130. The number of ether oxygens (including phenoxy) is 2. The van der Waals surface area contributed by atoms with Crippen molar-refractivity contribution >= 4 is 11.9 Å². The van der Waals surface area contributed by atoms with Gasteiger partial charge in [0.2, 0.25) is 5.78 Å². The molecule has 2 aromatic carbocycles. The van der Waals surface area contributed by atoms with Gasteiger partial charge in [0.1, 0.15) is 24.0 Å². The largest absolute Gasteiger partial charge is 0.478 e. The lowest BCUT2D eigenvalue weighted by Gasteiger charge is -2.29. The lowest BCUT2D eigenvalue weighted by atomic mass is 9.98. The molecule has 0 bridgehead atoms. The van der Waals surface area contributed by atoms with Gasteiger partial charge in [0.15, 0.2) is 5.76 Å². The molecule has 0 aliphatic carbocycles. The number of benzene rings is 2. The Balaban J connectivity index is 1.50. The first-order valence-corrected chi connectivity index (χ1v) is 9.64. The van der Waals surface area contributed by atoms with Gasteiger partial charge in [-0.1, -0.05) is 24.3 Å². The molecular formula is C24H21NO4. The number of furan rings is 1. The topological polar surface area (TPSA) is 51.9 Å². The number of fused-ring (bicyclic) bond motifs is 3. The van der Waals surface area contributed by atoms with Crippen molar-refractivity contribution in [1.82, 2.24) is 4.90 Å². The number of carbonyl (C=O) groups excluding carboxylic acids is 1. The lowest BCUT2D eigenvalue weighted by molar-refractivity contribution is 0.0809. The number of aryl methyl sites for hydroxylation is 2. The first-order valence-electron chi connectivity index (χ1n) is 9.64. The summed E-state index contributed by atoms with van der Waals surface area (Å²) in [5.74, 6) is 2.55. The summed E-state index contributed by atoms with van der Waals surface area (Å²) in [5.41, 5.74) is 4.48. The van der Waals surface area contributed by atoms with Crippen LogP contribution in [-0.4, -0.2) is 17.4 Å². The van der Waals surface area contributed by atoms with E-state index < -0.39 is 0 Å². The highest BCUT2D eigenvalue weighted by Gasteiger charge is 2.35. The fourth-order valence-corrected chi connectivity index (χ4v) is 3.89. The number of allylic oxidation sites excluding steroid dienone is 1. The monoisotopic (exact) mass is 387 g/mol. The third-order valence-corrected chi connectivity index (χ3v) is 5.42. The van der Waals surface area contributed by atoms with Crippen LogP contribution in [-0.2, 0) is 13.1 Å². The van der Waals surface area contributed by atoms with Crippen molar-refractivity contribution in [3.05, 3.63) is 88.1 Å². The minimum absolute atomic E-state index is 0.0771. The SMILES string of the molecule is Cc1ccccc1/C=C1\Oc2c3c(cc(C)c2C1=O)OCN(Cc1ccco1)C3. The number of hydrogen-bond acceptors (Lipinski definition) is 5. The maximum absolute atomic E-state index is 13.1. The number of carbonyl (C=O) groups is 1. The Labute approximate surface area is 169 Å². The summed E-state index contributed by atoms with van der Waals surface area (Å²) < 4.78 is 17.6. The zero-order valence-corrected chi connectivity index (χ0v) is 16.4. The minimum atomic E-state index is -0.0771. The quantitative estimate of drug-likeness (QED) is 0.601. The Morgan fingerprint density at radius 3 is 2.76 bits per heavy atom. The van der Waals surface area contributed by atoms with Crippen molar-refractivity contribution in [2.75, 3.05) is 6.73 Å². The van der Waals surface area contributed by atoms with E-state index in [1.807, 2.05) is 62.4 Å². The first-order chi connectivity index (χ1) is 14.1. The zero-order valence-electron chi connectivity index (χ0n) is 16.4. The summed E-state index contributed by atoms with van der Waals surface area (Å²) in [4.78, 5) is 15.2. The van der Waals surface area contributed by atoms with Gasteiger partial charge < -0.3 is 13.9 Å². The number of hydrogen-bond donors (Lipinski definition) is 0. The predicted octanol–water partition coefficient (Wildman–Crippen LogP) is 4.86. The van der Waals surface area contributed by atoms with Crippen LogP contribution in [0.2, 0.25) is 0 Å². The second-order valence-electron chi connectivity index (χ2n) is 7.51. The van der Waals surface area contributed by atoms with Crippen molar-refractivity contribution in [2.24, 2.45) is 0 Å². The highest BCUT2D eigenvalue weighted by molar-refractivity contribution is 6.16. The van der Waals surface area contributed by atoms with Crippen molar-refractivity contribution in [1.29, 1.82) is 0 Å². The molecule has 0 saturated heterocycles. The van der Waals surface area contributed by atoms with E-state index in [9.17, 15) is 4.79 Å². The maximum Gasteiger partial charge on any atom is 0.232 e. The van der Waals surface area contributed by atoms with Gasteiger partial charge in [-0.2, -0.15) is 0 Å². The summed E-state index contributed by atoms with van der Waals surface area (Å²) in [5, 5.41) is 0. The van der Waals surface area contributed by atoms with Gasteiger partial charge >= 0.3 is 0 Å². The molecule has 0 atom stereocenters. The van der Waals surface area contributed by atoms with E-state index in [2.05, 4.69) is 4.90 Å². The standard InChI is InChI=1S/C24H21NO4/c1-15-6-3-4-7-17(15)11-21-23(26)22-16(2)10-20-19(24(22)29-21)13-25(14-28-20)12-18-8-5-9-27-18/h3-11H,12-14H2,1-2H3/b21-11-. The van der Waals surface area contributed by atoms with Gasteiger partial charge in [-0.25, -0.2) is 0 Å². The third-order valence-electron chi connectivity index (χ3n) is 5.42. The fourth-order valence-electron chi connectivity index (χ4n) is 3.89. The number of ketones is 1. The number of nitrogens with zero attached hydrogens (tertiary/aromatic N) is 1. The van der Waals surface area contributed by atoms with E-state index in [0.717, 1.165) is 33.8 Å². The predicted molar refractivity (Wildman–Crippen MR) is 109 cm³/mol. The Hall–Kier alpha value is -3.31. The summed E-state index contributed by atoms with van der Waals surface area (Å²) in [6.07, 6.45) is 3.49. The number of Topliss-reactive ketones (excluding diaryl/α,β-unsaturated/α-hetero) is 1. The molecule has 0 unspecified atom stereocenters. The van der Waals surface area contributed by atoms with Crippen LogP contribution >= 0.6 is 0 Å². The van der Waals surface area contributed by atoms with Crippen LogP contribution in [0, 0.1) is 13.8 Å². The van der Waals surface area contributed by atoms with Crippen molar-refractivity contribution in [2.45, 2.75) is 26.9 Å². The molecule has 0 N–H and O–H groups in total. The van der Waals surface area contributed by atoms with Crippen LogP contribution in [0.3, 0.4) is 0 Å². The summed E-state index contributed by atoms with van der Waals surface area (Å²) >= 11 is 0. The van der Waals surface area contributed by atoms with Gasteiger partial charge in [-0.3, -0.25) is 9.69 Å². The highest BCUT2D eigenvalue weighted by atomic mass is 16.5. The van der Waals surface area contributed by atoms with Crippen molar-refractivity contribution in [3.8, 4) is 11.5 Å². The molecule has 3 heterocycles. The molecule has 2 aliphatic rings. The van der Waals surface area contributed by atoms with E-state index in [1.165, 1.54) is 0 Å². The molecule has 0 amide bonds. The molecular weight excluding hydrogens is 366 g/mol. The van der Waals surface area contributed by atoms with E-state index in [4.69, 9.17) is 13.9 Å². The Morgan fingerprint density at radius 2 is 1.97 bits per heavy atom. The molecule has 5 heteroatoms. The van der Waals surface area contributed by atoms with Crippen LogP contribution in [0.4, 0.5) is 0 Å². The molecule has 146 valence electrons. The smallest absolute Gasteiger partial charge is 0.232 e. The third kappa shape index (κ3) is 3.13. The van der Waals surface area contributed by atoms with Crippen molar-refractivity contribution in [3.63, 3.8) is 0 Å². The molecule has 0 radical (unpaired) electrons. The van der Waals surface area contributed by atoms with Crippen LogP contribution in [0.15, 0.2) is 58.9 Å². The van der Waals surface area contributed by atoms with E-state index in [1.54, 1.807) is 6.26 Å². The van der Waals surface area contributed by atoms with Crippen LogP contribution in [0.25, 0.3) is 6.08 Å². The second kappa shape index (κ2) is 6.94. The molecule has 5 rings (SSSR count). The average Bonchev–Trinajstić information content (AvgIpc) is 3.33. The van der Waals surface area contributed by atoms with Crippen LogP contribution in [0.5, 0.6) is 11.5 Å². The van der Waals surface area contributed by atoms with Crippen LogP contribution < -0.4 is 9.47 Å². The summed E-state index contributed by atoms with van der Waals surface area (Å²) in [6.45, 7) is 5.67. The summed E-state index contributed by atoms with van der Waals surface area (Å²) in [6, 6.07) is 13.7. The fraction of sp³-hybridized carbons (Fsp3) is 0.208. The molecule has 29 heavy (non-hydrogen) atoms. The average molecular weight is 387 g/mol. The highest BCUT2D eigenvalue weighted by Crippen LogP contribution is 2.44. The molecule has 3 aromatic rings. The second-order valence-corrected chi connectivity index (χ2v) is 7.51. The summed E-state index contributed by atoms with van der Waals surface area (Å²) in [7, 11) is 0. The molecule has 0 spiro atoms. The molecule has 0 fully saturated rings. The van der Waals surface area contributed by atoms with Gasteiger partial charge in [0.25, 0.3) is 0 Å².